The summed E-state index contributed by atoms with van der Waals surface area (Å²) in [5, 5.41) is 9.82. The molecule has 0 bridgehead atoms. The lowest BCUT2D eigenvalue weighted by Crippen LogP contribution is -2.34. The van der Waals surface area contributed by atoms with E-state index in [0.717, 1.165) is 38.7 Å². The van der Waals surface area contributed by atoms with Gasteiger partial charge in [-0.2, -0.15) is 5.26 Å². The molecular weight excluding hydrogens is 426 g/mol. The van der Waals surface area contributed by atoms with E-state index in [0.29, 0.717) is 12.1 Å². The molecule has 0 saturated carbocycles. The van der Waals surface area contributed by atoms with Crippen molar-refractivity contribution in [2.45, 2.75) is 13.5 Å². The van der Waals surface area contributed by atoms with Gasteiger partial charge in [0.1, 0.15) is 6.54 Å². The van der Waals surface area contributed by atoms with E-state index in [1.807, 2.05) is 53.2 Å². The molecule has 1 aliphatic rings. The molecule has 2 aromatic carbocycles. The zero-order valence-corrected chi connectivity index (χ0v) is 18.1. The minimum atomic E-state index is -0.621. The van der Waals surface area contributed by atoms with E-state index in [4.69, 9.17) is 4.74 Å². The average Bonchev–Trinajstić information content (AvgIpc) is 3.26. The number of nitrogens with zero attached hydrogens (tertiary/aromatic N) is 3. The Balaban J connectivity index is 1.68. The first kappa shape index (κ1) is 21.4. The first-order chi connectivity index (χ1) is 15.5. The van der Waals surface area contributed by atoms with Crippen LogP contribution in [-0.2, 0) is 20.9 Å². The van der Waals surface area contributed by atoms with Gasteiger partial charge in [0.15, 0.2) is 0 Å². The van der Waals surface area contributed by atoms with Crippen molar-refractivity contribution in [1.29, 1.82) is 5.26 Å². The first-order valence-electron chi connectivity index (χ1n) is 9.98. The molecule has 2 amide bonds. The van der Waals surface area contributed by atoms with E-state index in [9.17, 15) is 19.6 Å². The third kappa shape index (κ3) is 4.15. The molecule has 4 rings (SSSR count). The topological polar surface area (TPSA) is 92.4 Å². The summed E-state index contributed by atoms with van der Waals surface area (Å²) < 4.78 is 6.86. The Morgan fingerprint density at radius 2 is 1.91 bits per heavy atom. The average molecular weight is 446 g/mol. The van der Waals surface area contributed by atoms with Crippen molar-refractivity contribution in [2.24, 2.45) is 0 Å². The van der Waals surface area contributed by atoms with Crippen LogP contribution in [0.5, 0.6) is 0 Å². The number of rotatable bonds is 6. The summed E-state index contributed by atoms with van der Waals surface area (Å²) in [6.45, 7) is 1.93. The molecule has 0 aliphatic carbocycles. The molecule has 0 N–H and O–H groups in total. The molecule has 0 radical (unpaired) electrons. The minimum Gasteiger partial charge on any atom is -0.465 e. The van der Waals surface area contributed by atoms with Gasteiger partial charge >= 0.3 is 5.97 Å². The zero-order chi connectivity index (χ0) is 22.7. The van der Waals surface area contributed by atoms with Crippen LogP contribution in [0.4, 0.5) is 4.79 Å². The molecule has 1 saturated heterocycles. The number of nitriles is 1. The number of amides is 2. The van der Waals surface area contributed by atoms with Crippen LogP contribution in [0.3, 0.4) is 0 Å². The first-order valence-corrected chi connectivity index (χ1v) is 10.8. The van der Waals surface area contributed by atoms with Gasteiger partial charge in [-0.3, -0.25) is 19.3 Å². The van der Waals surface area contributed by atoms with Crippen LogP contribution in [0, 0.1) is 11.3 Å². The van der Waals surface area contributed by atoms with E-state index in [2.05, 4.69) is 6.07 Å². The zero-order valence-electron chi connectivity index (χ0n) is 17.3. The molecule has 2 heterocycles. The second-order valence-electron chi connectivity index (χ2n) is 7.07. The Bertz CT molecular complexity index is 1300. The number of benzene rings is 2. The normalized spacial score (nSPS) is 14.9. The van der Waals surface area contributed by atoms with Crippen LogP contribution >= 0.6 is 11.8 Å². The van der Waals surface area contributed by atoms with Crippen molar-refractivity contribution in [3.8, 4) is 6.07 Å². The number of carbonyl (C=O) groups excluding carboxylic acids is 3. The minimum absolute atomic E-state index is 0.180. The van der Waals surface area contributed by atoms with Gasteiger partial charge in [-0.1, -0.05) is 36.4 Å². The summed E-state index contributed by atoms with van der Waals surface area (Å²) >= 11 is 0.803. The fraction of sp³-hybridized carbons (Fsp3) is 0.167. The number of aromatic nitrogens is 1. The van der Waals surface area contributed by atoms with Gasteiger partial charge in [0.25, 0.3) is 11.1 Å². The number of ether oxygens (including phenoxy) is 1. The van der Waals surface area contributed by atoms with Gasteiger partial charge < -0.3 is 9.30 Å². The smallest absolute Gasteiger partial charge is 0.326 e. The van der Waals surface area contributed by atoms with Gasteiger partial charge in [0.2, 0.25) is 0 Å². The predicted molar refractivity (Wildman–Crippen MR) is 122 cm³/mol. The van der Waals surface area contributed by atoms with Gasteiger partial charge in [-0.05, 0) is 42.5 Å². The maximum absolute atomic E-state index is 12.7. The van der Waals surface area contributed by atoms with E-state index in [1.165, 1.54) is 0 Å². The van der Waals surface area contributed by atoms with Gasteiger partial charge in [0.05, 0.1) is 23.1 Å². The van der Waals surface area contributed by atoms with Gasteiger partial charge in [0, 0.05) is 29.2 Å². The Morgan fingerprint density at radius 1 is 1.16 bits per heavy atom. The highest BCUT2D eigenvalue weighted by molar-refractivity contribution is 8.18. The van der Waals surface area contributed by atoms with Gasteiger partial charge in [-0.15, -0.1) is 0 Å². The van der Waals surface area contributed by atoms with Crippen molar-refractivity contribution < 1.29 is 19.1 Å². The number of fused-ring (bicyclic) bond motifs is 1. The summed E-state index contributed by atoms with van der Waals surface area (Å²) in [6, 6.07) is 17.4. The fourth-order valence-electron chi connectivity index (χ4n) is 3.59. The molecule has 1 aromatic heterocycles. The van der Waals surface area contributed by atoms with Crippen molar-refractivity contribution in [3.63, 3.8) is 0 Å². The van der Waals surface area contributed by atoms with Crippen molar-refractivity contribution in [3.05, 3.63) is 76.3 Å². The van der Waals surface area contributed by atoms with Crippen LogP contribution < -0.4 is 0 Å². The second kappa shape index (κ2) is 9.12. The standard InChI is InChI=1S/C24H19N3O4S/c1-2-31-22(28)15-27-23(29)21(32-24(27)30)11-18-14-26(20-10-6-5-9-19(18)20)13-17-8-4-3-7-16(17)12-25/h3-11,14H,2,13,15H2,1H3/b21-11-. The highest BCUT2D eigenvalue weighted by Gasteiger charge is 2.36. The number of imide groups is 1. The molecule has 32 heavy (non-hydrogen) atoms. The van der Waals surface area contributed by atoms with Crippen LogP contribution in [0.1, 0.15) is 23.6 Å². The van der Waals surface area contributed by atoms with Crippen molar-refractivity contribution >= 4 is 45.9 Å². The molecule has 160 valence electrons. The second-order valence-corrected chi connectivity index (χ2v) is 8.06. The lowest BCUT2D eigenvalue weighted by molar-refractivity contribution is -0.145. The number of para-hydroxylation sites is 1. The Labute approximate surface area is 188 Å². The maximum Gasteiger partial charge on any atom is 0.326 e. The maximum atomic E-state index is 12.7. The number of hydrogen-bond acceptors (Lipinski definition) is 6. The SMILES string of the molecule is CCOC(=O)CN1C(=O)S/C(=C\c2cn(Cc3ccccc3C#N)c3ccccc23)C1=O. The predicted octanol–water partition coefficient (Wildman–Crippen LogP) is 4.16. The third-order valence-electron chi connectivity index (χ3n) is 5.05. The Morgan fingerprint density at radius 3 is 2.69 bits per heavy atom. The van der Waals surface area contributed by atoms with Crippen LogP contribution in [0.15, 0.2) is 59.6 Å². The Kier molecular flexibility index (Phi) is 6.10. The summed E-state index contributed by atoms with van der Waals surface area (Å²) in [7, 11) is 0. The summed E-state index contributed by atoms with van der Waals surface area (Å²) in [5.41, 5.74) is 3.21. The quantitative estimate of drug-likeness (QED) is 0.418. The number of hydrogen-bond donors (Lipinski definition) is 0. The molecular formula is C24H19N3O4S. The van der Waals surface area contributed by atoms with E-state index >= 15 is 0 Å². The van der Waals surface area contributed by atoms with Crippen LogP contribution in [-0.4, -0.2) is 39.7 Å². The third-order valence-corrected chi connectivity index (χ3v) is 5.96. The molecule has 1 fully saturated rings. The van der Waals surface area contributed by atoms with Crippen LogP contribution in [0.2, 0.25) is 0 Å². The van der Waals surface area contributed by atoms with E-state index in [-0.39, 0.29) is 11.5 Å². The van der Waals surface area contributed by atoms with Crippen LogP contribution in [0.25, 0.3) is 17.0 Å². The number of esters is 1. The molecule has 0 atom stereocenters. The number of carbonyl (C=O) groups is 3. The highest BCUT2D eigenvalue weighted by Crippen LogP contribution is 2.34. The molecule has 0 spiro atoms. The Hall–Kier alpha value is -3.83. The summed E-state index contributed by atoms with van der Waals surface area (Å²) in [4.78, 5) is 37.9. The molecule has 0 unspecified atom stereocenters. The lowest BCUT2D eigenvalue weighted by Gasteiger charge is -2.10. The van der Waals surface area contributed by atoms with E-state index < -0.39 is 23.7 Å². The monoisotopic (exact) mass is 445 g/mol. The van der Waals surface area contributed by atoms with Gasteiger partial charge in [-0.25, -0.2) is 0 Å². The molecule has 7 nitrogen and oxygen atoms in total. The van der Waals surface area contributed by atoms with E-state index in [1.54, 1.807) is 19.1 Å². The highest BCUT2D eigenvalue weighted by atomic mass is 32.2. The fourth-order valence-corrected chi connectivity index (χ4v) is 4.41. The summed E-state index contributed by atoms with van der Waals surface area (Å²) in [6.07, 6.45) is 3.57. The lowest BCUT2D eigenvalue weighted by atomic mass is 10.1. The molecule has 8 heteroatoms. The summed E-state index contributed by atoms with van der Waals surface area (Å²) in [5.74, 6) is -1.14. The largest absolute Gasteiger partial charge is 0.465 e. The molecule has 3 aromatic rings. The number of thioether (sulfide) groups is 1. The van der Waals surface area contributed by atoms with Crippen molar-refractivity contribution in [2.75, 3.05) is 13.2 Å². The van der Waals surface area contributed by atoms with Crippen molar-refractivity contribution in [1.82, 2.24) is 9.47 Å². The molecule has 1 aliphatic heterocycles.